The van der Waals surface area contributed by atoms with Gasteiger partial charge in [0.05, 0.1) is 0 Å². The van der Waals surface area contributed by atoms with Crippen molar-refractivity contribution in [3.8, 4) is 0 Å². The van der Waals surface area contributed by atoms with Gasteiger partial charge in [0.25, 0.3) is 0 Å². The largest absolute Gasteiger partial charge is 0.384 e. The molecule has 2 aromatic rings. The lowest BCUT2D eigenvalue weighted by molar-refractivity contribution is 0.218. The van der Waals surface area contributed by atoms with E-state index in [-0.39, 0.29) is 5.56 Å². The lowest BCUT2D eigenvalue weighted by Gasteiger charge is -2.14. The van der Waals surface area contributed by atoms with Crippen LogP contribution in [0.2, 0.25) is 0 Å². The van der Waals surface area contributed by atoms with Crippen LogP contribution >= 0.6 is 0 Å². The summed E-state index contributed by atoms with van der Waals surface area (Å²) in [5.74, 6) is -3.68. The quantitative estimate of drug-likeness (QED) is 0.829. The van der Waals surface area contributed by atoms with Crippen molar-refractivity contribution >= 4 is 0 Å². The Kier molecular flexibility index (Phi) is 4.68. The summed E-state index contributed by atoms with van der Waals surface area (Å²) in [7, 11) is 0. The molecule has 0 aliphatic heterocycles. The first-order chi connectivity index (χ1) is 9.88. The molecule has 2 aromatic carbocycles. The Morgan fingerprint density at radius 1 is 0.952 bits per heavy atom. The van der Waals surface area contributed by atoms with E-state index in [1.54, 1.807) is 18.2 Å². The van der Waals surface area contributed by atoms with Gasteiger partial charge in [0.1, 0.15) is 6.10 Å². The van der Waals surface area contributed by atoms with Gasteiger partial charge in [0, 0.05) is 0 Å². The van der Waals surface area contributed by atoms with E-state index < -0.39 is 23.6 Å². The highest BCUT2D eigenvalue weighted by atomic mass is 19.2. The van der Waals surface area contributed by atoms with Crippen molar-refractivity contribution in [3.63, 3.8) is 0 Å². The van der Waals surface area contributed by atoms with Crippen LogP contribution in [0.1, 0.15) is 36.6 Å². The smallest absolute Gasteiger partial charge is 0.194 e. The van der Waals surface area contributed by atoms with Crippen molar-refractivity contribution in [2.24, 2.45) is 5.92 Å². The highest BCUT2D eigenvalue weighted by Crippen LogP contribution is 2.26. The van der Waals surface area contributed by atoms with Crippen LogP contribution in [-0.2, 0) is 6.42 Å². The number of aliphatic hydroxyl groups is 1. The molecule has 1 nitrogen and oxygen atoms in total. The Bertz CT molecular complexity index is 615. The lowest BCUT2D eigenvalue weighted by atomic mass is 9.96. The van der Waals surface area contributed by atoms with Crippen molar-refractivity contribution < 1.29 is 18.3 Å². The van der Waals surface area contributed by atoms with Gasteiger partial charge in [-0.2, -0.15) is 0 Å². The van der Waals surface area contributed by atoms with E-state index in [9.17, 15) is 18.3 Å². The fraction of sp³-hybridized carbons (Fsp3) is 0.294. The van der Waals surface area contributed by atoms with E-state index in [0.717, 1.165) is 24.1 Å². The van der Waals surface area contributed by atoms with Crippen molar-refractivity contribution in [2.75, 3.05) is 0 Å². The predicted molar refractivity (Wildman–Crippen MR) is 75.4 cm³/mol. The second-order valence-corrected chi connectivity index (χ2v) is 5.54. The Balaban J connectivity index is 2.33. The monoisotopic (exact) mass is 294 g/mol. The third-order valence-corrected chi connectivity index (χ3v) is 3.23. The zero-order valence-electron chi connectivity index (χ0n) is 11.9. The maximum atomic E-state index is 13.2. The molecule has 0 radical (unpaired) electrons. The minimum atomic E-state index is -1.53. The SMILES string of the molecule is CC(C)Cc1cccc(C(O)c2cc(F)c(F)c(F)c2)c1. The second kappa shape index (κ2) is 6.31. The normalized spacial score (nSPS) is 12.7. The molecule has 0 saturated heterocycles. The van der Waals surface area contributed by atoms with E-state index >= 15 is 0 Å². The Labute approximate surface area is 122 Å². The standard InChI is InChI=1S/C17H17F3O/c1-10(2)6-11-4-3-5-12(7-11)17(21)13-8-14(18)16(20)15(19)9-13/h3-5,7-10,17,21H,6H2,1-2H3. The van der Waals surface area contributed by atoms with E-state index in [1.807, 2.05) is 6.07 Å². The molecule has 1 N–H and O–H groups in total. The Morgan fingerprint density at radius 3 is 2.14 bits per heavy atom. The summed E-state index contributed by atoms with van der Waals surface area (Å²) in [6.07, 6.45) is -0.353. The molecule has 0 heterocycles. The van der Waals surface area contributed by atoms with E-state index in [2.05, 4.69) is 13.8 Å². The number of aliphatic hydroxyl groups excluding tert-OH is 1. The highest BCUT2D eigenvalue weighted by molar-refractivity contribution is 5.33. The third-order valence-electron chi connectivity index (χ3n) is 3.23. The van der Waals surface area contributed by atoms with Gasteiger partial charge in [0.15, 0.2) is 17.5 Å². The molecule has 0 bridgehead atoms. The zero-order chi connectivity index (χ0) is 15.6. The molecule has 0 aliphatic rings. The van der Waals surface area contributed by atoms with Crippen LogP contribution in [0.5, 0.6) is 0 Å². The van der Waals surface area contributed by atoms with E-state index in [1.165, 1.54) is 0 Å². The molecule has 21 heavy (non-hydrogen) atoms. The summed E-state index contributed by atoms with van der Waals surface area (Å²) in [6, 6.07) is 8.82. The lowest BCUT2D eigenvalue weighted by Crippen LogP contribution is -2.04. The van der Waals surface area contributed by atoms with Crippen LogP contribution in [0.3, 0.4) is 0 Å². The molecule has 4 heteroatoms. The summed E-state index contributed by atoms with van der Waals surface area (Å²) in [6.45, 7) is 4.15. The minimum Gasteiger partial charge on any atom is -0.384 e. The number of rotatable bonds is 4. The second-order valence-electron chi connectivity index (χ2n) is 5.54. The molecule has 0 amide bonds. The van der Waals surface area contributed by atoms with Gasteiger partial charge in [-0.3, -0.25) is 0 Å². The van der Waals surface area contributed by atoms with Crippen LogP contribution in [-0.4, -0.2) is 5.11 Å². The zero-order valence-corrected chi connectivity index (χ0v) is 11.9. The molecule has 1 atom stereocenters. The molecular formula is C17H17F3O. The van der Waals surface area contributed by atoms with Gasteiger partial charge < -0.3 is 5.11 Å². The topological polar surface area (TPSA) is 20.2 Å². The maximum Gasteiger partial charge on any atom is 0.194 e. The van der Waals surface area contributed by atoms with Crippen molar-refractivity contribution in [3.05, 3.63) is 70.5 Å². The molecular weight excluding hydrogens is 277 g/mol. The number of benzene rings is 2. The van der Waals surface area contributed by atoms with E-state index in [4.69, 9.17) is 0 Å². The summed E-state index contributed by atoms with van der Waals surface area (Å²) in [5.41, 5.74) is 1.55. The Hall–Kier alpha value is -1.81. The van der Waals surface area contributed by atoms with Gasteiger partial charge in [-0.25, -0.2) is 13.2 Å². The molecule has 2 rings (SSSR count). The first-order valence-electron chi connectivity index (χ1n) is 6.80. The minimum absolute atomic E-state index is 0.00639. The first-order valence-corrected chi connectivity index (χ1v) is 6.80. The number of hydrogen-bond donors (Lipinski definition) is 1. The molecule has 112 valence electrons. The van der Waals surface area contributed by atoms with Crippen LogP contribution in [0.15, 0.2) is 36.4 Å². The van der Waals surface area contributed by atoms with Gasteiger partial charge in [-0.05, 0) is 41.2 Å². The van der Waals surface area contributed by atoms with Crippen molar-refractivity contribution in [1.82, 2.24) is 0 Å². The fourth-order valence-electron chi connectivity index (χ4n) is 2.29. The molecule has 0 aliphatic carbocycles. The van der Waals surface area contributed by atoms with Crippen molar-refractivity contribution in [1.29, 1.82) is 0 Å². The summed E-state index contributed by atoms with van der Waals surface area (Å²) < 4.78 is 39.4. The van der Waals surface area contributed by atoms with Crippen LogP contribution < -0.4 is 0 Å². The summed E-state index contributed by atoms with van der Waals surface area (Å²) >= 11 is 0. The summed E-state index contributed by atoms with van der Waals surface area (Å²) in [4.78, 5) is 0. The maximum absolute atomic E-state index is 13.2. The molecule has 0 aromatic heterocycles. The van der Waals surface area contributed by atoms with Gasteiger partial charge >= 0.3 is 0 Å². The number of halogens is 3. The number of hydrogen-bond acceptors (Lipinski definition) is 1. The Morgan fingerprint density at radius 2 is 1.57 bits per heavy atom. The average molecular weight is 294 g/mol. The average Bonchev–Trinajstić information content (AvgIpc) is 2.43. The van der Waals surface area contributed by atoms with Crippen LogP contribution in [0.25, 0.3) is 0 Å². The van der Waals surface area contributed by atoms with Crippen LogP contribution in [0, 0.1) is 23.4 Å². The van der Waals surface area contributed by atoms with Gasteiger partial charge in [-0.1, -0.05) is 38.1 Å². The molecule has 0 spiro atoms. The third kappa shape index (κ3) is 3.64. The van der Waals surface area contributed by atoms with Gasteiger partial charge in [-0.15, -0.1) is 0 Å². The van der Waals surface area contributed by atoms with Crippen LogP contribution in [0.4, 0.5) is 13.2 Å². The highest BCUT2D eigenvalue weighted by Gasteiger charge is 2.17. The molecule has 0 fully saturated rings. The van der Waals surface area contributed by atoms with Gasteiger partial charge in [0.2, 0.25) is 0 Å². The first kappa shape index (κ1) is 15.6. The summed E-state index contributed by atoms with van der Waals surface area (Å²) in [5, 5.41) is 10.2. The molecule has 1 unspecified atom stereocenters. The fourth-order valence-corrected chi connectivity index (χ4v) is 2.29. The van der Waals surface area contributed by atoms with E-state index in [0.29, 0.717) is 11.5 Å². The predicted octanol–water partition coefficient (Wildman–Crippen LogP) is 4.38. The van der Waals surface area contributed by atoms with Crippen molar-refractivity contribution in [2.45, 2.75) is 26.4 Å². The molecule has 0 saturated carbocycles.